The largest absolute Gasteiger partial charge is 0.490 e. The SMILES string of the molecule is CCOc1cc(CNc2cc(Cl)ccc2Cl)cc(Cl)c1OCc1ccc(C)cc1. The van der Waals surface area contributed by atoms with Gasteiger partial charge in [-0.1, -0.05) is 64.6 Å². The van der Waals surface area contributed by atoms with E-state index in [1.807, 2.05) is 31.2 Å². The van der Waals surface area contributed by atoms with Gasteiger partial charge < -0.3 is 14.8 Å². The van der Waals surface area contributed by atoms with E-state index >= 15 is 0 Å². The van der Waals surface area contributed by atoms with Gasteiger partial charge in [-0.05, 0) is 55.3 Å². The average Bonchev–Trinajstić information content (AvgIpc) is 2.69. The first-order valence-electron chi connectivity index (χ1n) is 9.28. The van der Waals surface area contributed by atoms with Gasteiger partial charge in [-0.25, -0.2) is 0 Å². The molecular formula is C23H22Cl3NO2. The summed E-state index contributed by atoms with van der Waals surface area (Å²) in [6.45, 7) is 5.41. The minimum atomic E-state index is 0.412. The van der Waals surface area contributed by atoms with Crippen molar-refractivity contribution in [2.24, 2.45) is 0 Å². The Labute approximate surface area is 186 Å². The highest BCUT2D eigenvalue weighted by atomic mass is 35.5. The number of halogens is 3. The van der Waals surface area contributed by atoms with E-state index in [1.54, 1.807) is 18.2 Å². The van der Waals surface area contributed by atoms with Crippen LogP contribution in [-0.2, 0) is 13.2 Å². The Balaban J connectivity index is 1.76. The fourth-order valence-electron chi connectivity index (χ4n) is 2.80. The Morgan fingerprint density at radius 1 is 0.828 bits per heavy atom. The molecule has 0 bridgehead atoms. The summed E-state index contributed by atoms with van der Waals surface area (Å²) < 4.78 is 11.8. The summed E-state index contributed by atoms with van der Waals surface area (Å²) in [7, 11) is 0. The second kappa shape index (κ2) is 10.1. The van der Waals surface area contributed by atoms with Gasteiger partial charge in [-0.15, -0.1) is 0 Å². The summed E-state index contributed by atoms with van der Waals surface area (Å²) in [5, 5.41) is 4.99. The number of ether oxygens (including phenoxy) is 2. The van der Waals surface area contributed by atoms with Gasteiger partial charge in [0.15, 0.2) is 11.5 Å². The zero-order valence-corrected chi connectivity index (χ0v) is 18.5. The Morgan fingerprint density at radius 2 is 1.59 bits per heavy atom. The zero-order chi connectivity index (χ0) is 20.8. The van der Waals surface area contributed by atoms with Crippen molar-refractivity contribution in [3.8, 4) is 11.5 Å². The molecule has 1 N–H and O–H groups in total. The molecule has 3 rings (SSSR count). The van der Waals surface area contributed by atoms with E-state index in [1.165, 1.54) is 5.56 Å². The Hall–Kier alpha value is -2.07. The van der Waals surface area contributed by atoms with Crippen LogP contribution in [-0.4, -0.2) is 6.61 Å². The van der Waals surface area contributed by atoms with Crippen LogP contribution in [0.15, 0.2) is 54.6 Å². The molecular weight excluding hydrogens is 429 g/mol. The van der Waals surface area contributed by atoms with Gasteiger partial charge in [0.1, 0.15) is 6.61 Å². The van der Waals surface area contributed by atoms with Crippen molar-refractivity contribution in [3.05, 3.63) is 86.4 Å². The van der Waals surface area contributed by atoms with Crippen molar-refractivity contribution < 1.29 is 9.47 Å². The topological polar surface area (TPSA) is 30.5 Å². The van der Waals surface area contributed by atoms with E-state index < -0.39 is 0 Å². The molecule has 6 heteroatoms. The molecule has 29 heavy (non-hydrogen) atoms. The molecule has 3 aromatic rings. The normalized spacial score (nSPS) is 10.7. The Morgan fingerprint density at radius 3 is 2.31 bits per heavy atom. The number of anilines is 1. The predicted molar refractivity (Wildman–Crippen MR) is 122 cm³/mol. The van der Waals surface area contributed by atoms with E-state index in [-0.39, 0.29) is 0 Å². The van der Waals surface area contributed by atoms with Crippen molar-refractivity contribution in [2.45, 2.75) is 27.0 Å². The maximum Gasteiger partial charge on any atom is 0.180 e. The van der Waals surface area contributed by atoms with Crippen molar-refractivity contribution >= 4 is 40.5 Å². The van der Waals surface area contributed by atoms with Gasteiger partial charge in [0.2, 0.25) is 0 Å². The van der Waals surface area contributed by atoms with Crippen LogP contribution < -0.4 is 14.8 Å². The quantitative estimate of drug-likeness (QED) is 0.384. The number of aryl methyl sites for hydroxylation is 1. The molecule has 0 saturated carbocycles. The standard InChI is InChI=1S/C23H22Cl3NO2/c1-3-28-22-11-17(13-27-21-12-18(24)8-9-19(21)25)10-20(26)23(22)29-14-16-6-4-15(2)5-7-16/h4-12,27H,3,13-14H2,1-2H3. The third-order valence-electron chi connectivity index (χ3n) is 4.28. The van der Waals surface area contributed by atoms with Crippen molar-refractivity contribution in [1.82, 2.24) is 0 Å². The zero-order valence-electron chi connectivity index (χ0n) is 16.3. The van der Waals surface area contributed by atoms with Gasteiger partial charge in [0.05, 0.1) is 22.3 Å². The molecule has 0 aliphatic carbocycles. The lowest BCUT2D eigenvalue weighted by atomic mass is 10.1. The molecule has 3 aromatic carbocycles. The summed E-state index contributed by atoms with van der Waals surface area (Å²) in [6, 6.07) is 17.3. The maximum atomic E-state index is 6.52. The summed E-state index contributed by atoms with van der Waals surface area (Å²) in [6.07, 6.45) is 0. The van der Waals surface area contributed by atoms with Gasteiger partial charge in [-0.2, -0.15) is 0 Å². The van der Waals surface area contributed by atoms with E-state index in [2.05, 4.69) is 24.4 Å². The molecule has 0 spiro atoms. The van der Waals surface area contributed by atoms with Crippen LogP contribution in [0.25, 0.3) is 0 Å². The Bertz CT molecular complexity index is 975. The van der Waals surface area contributed by atoms with E-state index in [0.717, 1.165) is 16.8 Å². The second-order valence-corrected chi connectivity index (χ2v) is 7.84. The van der Waals surface area contributed by atoms with Crippen LogP contribution >= 0.6 is 34.8 Å². The van der Waals surface area contributed by atoms with Crippen LogP contribution in [0.3, 0.4) is 0 Å². The summed E-state index contributed by atoms with van der Waals surface area (Å²) in [4.78, 5) is 0. The maximum absolute atomic E-state index is 6.52. The summed E-state index contributed by atoms with van der Waals surface area (Å²) in [5.74, 6) is 1.15. The number of hydrogen-bond acceptors (Lipinski definition) is 3. The molecule has 0 fully saturated rings. The fourth-order valence-corrected chi connectivity index (χ4v) is 3.44. The van der Waals surface area contributed by atoms with Crippen LogP contribution in [0.4, 0.5) is 5.69 Å². The van der Waals surface area contributed by atoms with Crippen molar-refractivity contribution in [2.75, 3.05) is 11.9 Å². The third kappa shape index (κ3) is 5.96. The van der Waals surface area contributed by atoms with Gasteiger partial charge in [0, 0.05) is 11.6 Å². The monoisotopic (exact) mass is 449 g/mol. The molecule has 152 valence electrons. The van der Waals surface area contributed by atoms with Crippen LogP contribution in [0.2, 0.25) is 15.1 Å². The average molecular weight is 451 g/mol. The number of nitrogens with one attached hydrogen (secondary N) is 1. The van der Waals surface area contributed by atoms with Crippen molar-refractivity contribution in [3.63, 3.8) is 0 Å². The fraction of sp³-hybridized carbons (Fsp3) is 0.217. The molecule has 0 heterocycles. The first-order chi connectivity index (χ1) is 14.0. The molecule has 0 radical (unpaired) electrons. The third-order valence-corrected chi connectivity index (χ3v) is 5.13. The van der Waals surface area contributed by atoms with Crippen LogP contribution in [0, 0.1) is 6.92 Å². The molecule has 0 aliphatic rings. The summed E-state index contributed by atoms with van der Waals surface area (Å²) in [5.41, 5.74) is 3.97. The van der Waals surface area contributed by atoms with E-state index in [9.17, 15) is 0 Å². The number of hydrogen-bond donors (Lipinski definition) is 1. The minimum Gasteiger partial charge on any atom is -0.490 e. The molecule has 0 saturated heterocycles. The molecule has 0 amide bonds. The smallest absolute Gasteiger partial charge is 0.180 e. The first kappa shape index (κ1) is 21.6. The van der Waals surface area contributed by atoms with E-state index in [0.29, 0.717) is 46.3 Å². The second-order valence-electron chi connectivity index (χ2n) is 6.59. The first-order valence-corrected chi connectivity index (χ1v) is 10.4. The predicted octanol–water partition coefficient (Wildman–Crippen LogP) is 7.55. The van der Waals surface area contributed by atoms with E-state index in [4.69, 9.17) is 44.3 Å². The van der Waals surface area contributed by atoms with Gasteiger partial charge in [0.25, 0.3) is 0 Å². The lowest BCUT2D eigenvalue weighted by Gasteiger charge is -2.16. The lowest BCUT2D eigenvalue weighted by Crippen LogP contribution is -2.04. The highest BCUT2D eigenvalue weighted by Gasteiger charge is 2.13. The number of rotatable bonds is 8. The minimum absolute atomic E-state index is 0.412. The summed E-state index contributed by atoms with van der Waals surface area (Å²) >= 11 is 18.8. The molecule has 0 aromatic heterocycles. The lowest BCUT2D eigenvalue weighted by molar-refractivity contribution is 0.269. The highest BCUT2D eigenvalue weighted by molar-refractivity contribution is 6.35. The Kier molecular flexibility index (Phi) is 7.54. The van der Waals surface area contributed by atoms with Crippen LogP contribution in [0.1, 0.15) is 23.6 Å². The molecule has 3 nitrogen and oxygen atoms in total. The van der Waals surface area contributed by atoms with Gasteiger partial charge in [-0.3, -0.25) is 0 Å². The highest BCUT2D eigenvalue weighted by Crippen LogP contribution is 2.37. The molecule has 0 atom stereocenters. The molecule has 0 unspecified atom stereocenters. The van der Waals surface area contributed by atoms with Gasteiger partial charge >= 0.3 is 0 Å². The van der Waals surface area contributed by atoms with Crippen molar-refractivity contribution in [1.29, 1.82) is 0 Å². The van der Waals surface area contributed by atoms with Crippen LogP contribution in [0.5, 0.6) is 11.5 Å². The molecule has 0 aliphatic heterocycles. The number of benzene rings is 3.